The highest BCUT2D eigenvalue weighted by molar-refractivity contribution is 7.99. The summed E-state index contributed by atoms with van der Waals surface area (Å²) in [5.74, 6) is 1.32. The van der Waals surface area contributed by atoms with Crippen molar-refractivity contribution < 1.29 is 0 Å². The smallest absolute Gasteiger partial charge is 0.171 e. The Morgan fingerprint density at radius 1 is 1.05 bits per heavy atom. The average Bonchev–Trinajstić information content (AvgIpc) is 2.56. The molecule has 0 aliphatic heterocycles. The number of hydrogen-bond acceptors (Lipinski definition) is 3. The molecule has 0 saturated carbocycles. The minimum atomic E-state index is 0.249. The van der Waals surface area contributed by atoms with Crippen LogP contribution in [0.5, 0.6) is 0 Å². The minimum absolute atomic E-state index is 0.249. The number of benzene rings is 2. The van der Waals surface area contributed by atoms with Crippen molar-refractivity contribution in [2.24, 2.45) is 5.73 Å². The highest BCUT2D eigenvalue weighted by atomic mass is 32.2. The maximum atomic E-state index is 8.27. The first-order valence-corrected chi connectivity index (χ1v) is 8.46. The first-order valence-electron chi connectivity index (χ1n) is 7.07. The largest absolute Gasteiger partial charge is 0.376 e. The van der Waals surface area contributed by atoms with Gasteiger partial charge in [-0.25, -0.2) is 0 Å². The van der Waals surface area contributed by atoms with Crippen molar-refractivity contribution in [3.8, 4) is 0 Å². The van der Waals surface area contributed by atoms with E-state index >= 15 is 0 Å². The molecule has 2 aromatic rings. The van der Waals surface area contributed by atoms with Gasteiger partial charge in [0, 0.05) is 17.0 Å². The Morgan fingerprint density at radius 2 is 1.64 bits per heavy atom. The third kappa shape index (κ3) is 4.86. The van der Waals surface area contributed by atoms with Gasteiger partial charge in [0.05, 0.1) is 0 Å². The molecule has 0 heterocycles. The zero-order valence-electron chi connectivity index (χ0n) is 12.2. The van der Waals surface area contributed by atoms with Crippen LogP contribution < -0.4 is 5.73 Å². The number of nitrogens with two attached hydrogens (primary N) is 1. The molecule has 2 rings (SSSR count). The van der Waals surface area contributed by atoms with E-state index in [-0.39, 0.29) is 5.11 Å². The van der Waals surface area contributed by atoms with Gasteiger partial charge in [-0.3, -0.25) is 5.41 Å². The van der Waals surface area contributed by atoms with Gasteiger partial charge >= 0.3 is 0 Å². The van der Waals surface area contributed by atoms with Gasteiger partial charge in [0.1, 0.15) is 5.84 Å². The van der Waals surface area contributed by atoms with E-state index in [0.717, 1.165) is 17.7 Å². The number of amidine groups is 1. The van der Waals surface area contributed by atoms with E-state index in [0.29, 0.717) is 12.4 Å². The van der Waals surface area contributed by atoms with Gasteiger partial charge in [0.15, 0.2) is 5.11 Å². The van der Waals surface area contributed by atoms with E-state index < -0.39 is 0 Å². The molecule has 3 N–H and O–H groups in total. The maximum absolute atomic E-state index is 8.27. The lowest BCUT2D eigenvalue weighted by molar-refractivity contribution is 0.598. The lowest BCUT2D eigenvalue weighted by Gasteiger charge is -2.23. The van der Waals surface area contributed by atoms with Gasteiger partial charge in [-0.2, -0.15) is 0 Å². The Bertz CT molecular complexity index is 614. The normalized spacial score (nSPS) is 10.2. The molecule has 0 amide bonds. The van der Waals surface area contributed by atoms with Gasteiger partial charge in [0.2, 0.25) is 0 Å². The molecule has 0 unspecified atom stereocenters. The quantitative estimate of drug-likeness (QED) is 0.279. The number of rotatable bonds is 6. The number of nitrogens with zero attached hydrogens (tertiary/aromatic N) is 1. The van der Waals surface area contributed by atoms with E-state index in [4.69, 9.17) is 23.4 Å². The molecular formula is C17H19N3S2. The lowest BCUT2D eigenvalue weighted by atomic mass is 10.2. The molecular weight excluding hydrogens is 310 g/mol. The Balaban J connectivity index is 1.87. The Hall–Kier alpha value is -1.85. The molecule has 2 aromatic carbocycles. The molecule has 0 bridgehead atoms. The number of thiocarbonyl (C=S) groups is 1. The summed E-state index contributed by atoms with van der Waals surface area (Å²) in [7, 11) is 0. The Morgan fingerprint density at radius 3 is 2.23 bits per heavy atom. The fourth-order valence-corrected chi connectivity index (χ4v) is 3.05. The van der Waals surface area contributed by atoms with E-state index in [9.17, 15) is 0 Å². The molecule has 0 aromatic heterocycles. The highest BCUT2D eigenvalue weighted by Gasteiger charge is 2.13. The highest BCUT2D eigenvalue weighted by Crippen LogP contribution is 2.18. The fraction of sp³-hybridized carbons (Fsp3) is 0.176. The number of hydrogen-bond donors (Lipinski definition) is 2. The van der Waals surface area contributed by atoms with Gasteiger partial charge in [-0.1, -0.05) is 48.5 Å². The molecule has 0 saturated heterocycles. The first-order chi connectivity index (χ1) is 10.7. The molecule has 0 fully saturated rings. The van der Waals surface area contributed by atoms with Gasteiger partial charge < -0.3 is 10.6 Å². The summed E-state index contributed by atoms with van der Waals surface area (Å²) < 4.78 is 0. The SMILES string of the molecule is N=C(c1ccccc1)N(CCCSc1ccccc1)C(N)=S. The van der Waals surface area contributed by atoms with Crippen LogP contribution in [0.25, 0.3) is 0 Å². The lowest BCUT2D eigenvalue weighted by Crippen LogP contribution is -2.41. The van der Waals surface area contributed by atoms with E-state index in [1.54, 1.807) is 16.7 Å². The van der Waals surface area contributed by atoms with Crippen LogP contribution in [0.4, 0.5) is 0 Å². The van der Waals surface area contributed by atoms with Crippen molar-refractivity contribution in [3.05, 3.63) is 66.2 Å². The van der Waals surface area contributed by atoms with Crippen LogP contribution in [-0.2, 0) is 0 Å². The second kappa shape index (κ2) is 8.56. The fourth-order valence-electron chi connectivity index (χ4n) is 2.01. The molecule has 0 atom stereocenters. The molecule has 0 radical (unpaired) electrons. The number of nitrogens with one attached hydrogen (secondary N) is 1. The van der Waals surface area contributed by atoms with Crippen molar-refractivity contribution >= 4 is 34.9 Å². The summed E-state index contributed by atoms with van der Waals surface area (Å²) >= 11 is 6.89. The third-order valence-electron chi connectivity index (χ3n) is 3.12. The van der Waals surface area contributed by atoms with Gasteiger partial charge in [-0.05, 0) is 36.5 Å². The summed E-state index contributed by atoms with van der Waals surface area (Å²) in [6, 6.07) is 19.8. The van der Waals surface area contributed by atoms with Gasteiger partial charge in [-0.15, -0.1) is 11.8 Å². The van der Waals surface area contributed by atoms with Crippen molar-refractivity contribution in [1.29, 1.82) is 5.41 Å². The van der Waals surface area contributed by atoms with Crippen LogP contribution in [0.2, 0.25) is 0 Å². The van der Waals surface area contributed by atoms with E-state index in [1.807, 2.05) is 48.5 Å². The zero-order chi connectivity index (χ0) is 15.8. The third-order valence-corrected chi connectivity index (χ3v) is 4.44. The second-order valence-corrected chi connectivity index (χ2v) is 6.31. The standard InChI is InChI=1S/C17H19N3S2/c18-16(14-8-3-1-4-9-14)20(17(19)21)12-7-13-22-15-10-5-2-6-11-15/h1-6,8-11,18H,7,12-13H2,(H2,19,21). The van der Waals surface area contributed by atoms with Crippen molar-refractivity contribution in [3.63, 3.8) is 0 Å². The topological polar surface area (TPSA) is 53.1 Å². The van der Waals surface area contributed by atoms with E-state index in [1.165, 1.54) is 4.90 Å². The second-order valence-electron chi connectivity index (χ2n) is 4.72. The molecule has 0 aliphatic carbocycles. The average molecular weight is 329 g/mol. The van der Waals surface area contributed by atoms with Crippen LogP contribution in [0.1, 0.15) is 12.0 Å². The van der Waals surface area contributed by atoms with Crippen LogP contribution in [0, 0.1) is 5.41 Å². The van der Waals surface area contributed by atoms with Crippen LogP contribution in [0.15, 0.2) is 65.6 Å². The van der Waals surface area contributed by atoms with Gasteiger partial charge in [0.25, 0.3) is 0 Å². The van der Waals surface area contributed by atoms with Crippen molar-refractivity contribution in [2.75, 3.05) is 12.3 Å². The predicted molar refractivity (Wildman–Crippen MR) is 98.5 cm³/mol. The van der Waals surface area contributed by atoms with Crippen molar-refractivity contribution in [2.45, 2.75) is 11.3 Å². The van der Waals surface area contributed by atoms with Crippen molar-refractivity contribution in [1.82, 2.24) is 4.90 Å². The van der Waals surface area contributed by atoms with E-state index in [2.05, 4.69) is 12.1 Å². The molecule has 22 heavy (non-hydrogen) atoms. The summed E-state index contributed by atoms with van der Waals surface area (Å²) in [5, 5.41) is 8.52. The zero-order valence-corrected chi connectivity index (χ0v) is 13.9. The molecule has 114 valence electrons. The minimum Gasteiger partial charge on any atom is -0.376 e. The van der Waals surface area contributed by atoms with Crippen LogP contribution >= 0.6 is 24.0 Å². The van der Waals surface area contributed by atoms with Crippen LogP contribution in [-0.4, -0.2) is 28.1 Å². The Labute approximate surface area is 141 Å². The molecule has 0 aliphatic rings. The summed E-state index contributed by atoms with van der Waals surface area (Å²) in [6.45, 7) is 0.656. The molecule has 0 spiro atoms. The predicted octanol–water partition coefficient (Wildman–Crippen LogP) is 3.74. The summed E-state index contributed by atoms with van der Waals surface area (Å²) in [5.41, 5.74) is 6.60. The molecule has 3 nitrogen and oxygen atoms in total. The Kier molecular flexibility index (Phi) is 6.43. The number of thioether (sulfide) groups is 1. The molecule has 5 heteroatoms. The summed E-state index contributed by atoms with van der Waals surface area (Å²) in [6.07, 6.45) is 0.909. The first kappa shape index (κ1) is 16.5. The summed E-state index contributed by atoms with van der Waals surface area (Å²) in [4.78, 5) is 2.94. The maximum Gasteiger partial charge on any atom is 0.171 e. The van der Waals surface area contributed by atoms with Crippen LogP contribution in [0.3, 0.4) is 0 Å². The monoisotopic (exact) mass is 329 g/mol.